The number of unbranched alkanes of at least 4 members (excludes halogenated alkanes) is 12. The highest BCUT2D eigenvalue weighted by Crippen LogP contribution is 2.17. The minimum Gasteiger partial charge on any atom is -0.0654 e. The van der Waals surface area contributed by atoms with Crippen molar-refractivity contribution in [2.24, 2.45) is 0 Å². The molecule has 0 amide bonds. The van der Waals surface area contributed by atoms with Crippen LogP contribution in [0.1, 0.15) is 107 Å². The van der Waals surface area contributed by atoms with Gasteiger partial charge < -0.3 is 0 Å². The summed E-state index contributed by atoms with van der Waals surface area (Å²) in [5.41, 5.74) is 4.51. The molecule has 0 saturated carbocycles. The smallest absolute Gasteiger partial charge is 0.0276 e. The molecule has 0 atom stereocenters. The summed E-state index contributed by atoms with van der Waals surface area (Å²) < 4.78 is 0. The van der Waals surface area contributed by atoms with Crippen LogP contribution in [-0.2, 0) is 6.42 Å². The molecule has 0 aromatic heterocycles. The Morgan fingerprint density at radius 2 is 1.09 bits per heavy atom. The quantitative estimate of drug-likeness (QED) is 0.306. The van der Waals surface area contributed by atoms with Crippen molar-refractivity contribution in [1.29, 1.82) is 0 Å². The highest BCUT2D eigenvalue weighted by Gasteiger charge is 2.00. The van der Waals surface area contributed by atoms with Crippen LogP contribution < -0.4 is 0 Å². The maximum Gasteiger partial charge on any atom is -0.0276 e. The first-order valence-corrected chi connectivity index (χ1v) is 10.3. The molecule has 0 radical (unpaired) electrons. The molecular weight excluding hydrogens is 276 g/mol. The van der Waals surface area contributed by atoms with Gasteiger partial charge in [-0.2, -0.15) is 0 Å². The van der Waals surface area contributed by atoms with E-state index >= 15 is 0 Å². The van der Waals surface area contributed by atoms with Gasteiger partial charge in [0.1, 0.15) is 0 Å². The lowest BCUT2D eigenvalue weighted by molar-refractivity contribution is 0.539. The first-order valence-electron chi connectivity index (χ1n) is 10.3. The van der Waals surface area contributed by atoms with Crippen LogP contribution >= 0.6 is 0 Å². The normalized spacial score (nSPS) is 11.1. The van der Waals surface area contributed by atoms with Gasteiger partial charge in [-0.25, -0.2) is 0 Å². The number of benzene rings is 1. The van der Waals surface area contributed by atoms with Crippen LogP contribution in [0, 0.1) is 13.8 Å². The third-order valence-electron chi connectivity index (χ3n) is 5.27. The molecule has 0 nitrogen and oxygen atoms in total. The van der Waals surface area contributed by atoms with Crippen molar-refractivity contribution in [2.45, 2.75) is 111 Å². The molecule has 0 aliphatic heterocycles. The van der Waals surface area contributed by atoms with Crippen LogP contribution in [-0.4, -0.2) is 0 Å². The first kappa shape index (κ1) is 20.3. The molecule has 1 rings (SSSR count). The average molecular weight is 317 g/mol. The van der Waals surface area contributed by atoms with Crippen LogP contribution in [0.5, 0.6) is 0 Å². The Balaban J connectivity index is 1.87. The molecule has 0 heterocycles. The summed E-state index contributed by atoms with van der Waals surface area (Å²) in [6.07, 6.45) is 20.0. The lowest BCUT2D eigenvalue weighted by Gasteiger charge is -2.08. The second kappa shape index (κ2) is 13.6. The number of aryl methyl sites for hydroxylation is 2. The maximum absolute atomic E-state index is 2.31. The molecule has 0 aliphatic carbocycles. The van der Waals surface area contributed by atoms with Crippen LogP contribution in [0.3, 0.4) is 0 Å². The van der Waals surface area contributed by atoms with E-state index in [1.54, 1.807) is 5.56 Å². The Bertz CT molecular complexity index is 391. The molecule has 0 bridgehead atoms. The third kappa shape index (κ3) is 9.84. The molecule has 0 saturated heterocycles. The Morgan fingerprint density at radius 3 is 1.61 bits per heavy atom. The molecule has 0 spiro atoms. The van der Waals surface area contributed by atoms with Gasteiger partial charge in [0.2, 0.25) is 0 Å². The molecule has 132 valence electrons. The highest BCUT2D eigenvalue weighted by atomic mass is 14.1. The van der Waals surface area contributed by atoms with Crippen molar-refractivity contribution in [2.75, 3.05) is 0 Å². The summed E-state index contributed by atoms with van der Waals surface area (Å²) >= 11 is 0. The van der Waals surface area contributed by atoms with Crippen LogP contribution in [0.15, 0.2) is 18.2 Å². The number of hydrogen-bond donors (Lipinski definition) is 0. The van der Waals surface area contributed by atoms with Gasteiger partial charge in [0.15, 0.2) is 0 Å². The van der Waals surface area contributed by atoms with E-state index in [1.807, 2.05) is 0 Å². The van der Waals surface area contributed by atoms with E-state index in [0.717, 1.165) is 0 Å². The Kier molecular flexibility index (Phi) is 12.0. The van der Waals surface area contributed by atoms with Crippen molar-refractivity contribution in [3.8, 4) is 0 Å². The largest absolute Gasteiger partial charge is 0.0654 e. The lowest BCUT2D eigenvalue weighted by atomic mass is 9.98. The molecule has 0 heteroatoms. The molecule has 1 aromatic rings. The molecular formula is C23H40. The van der Waals surface area contributed by atoms with Gasteiger partial charge in [-0.15, -0.1) is 0 Å². The summed E-state index contributed by atoms with van der Waals surface area (Å²) in [6, 6.07) is 6.74. The minimum atomic E-state index is 1.27. The van der Waals surface area contributed by atoms with E-state index in [-0.39, 0.29) is 0 Å². The van der Waals surface area contributed by atoms with Crippen molar-refractivity contribution < 1.29 is 0 Å². The van der Waals surface area contributed by atoms with Crippen molar-refractivity contribution in [1.82, 2.24) is 0 Å². The lowest BCUT2D eigenvalue weighted by Crippen LogP contribution is -1.92. The van der Waals surface area contributed by atoms with Crippen LogP contribution in [0.2, 0.25) is 0 Å². The third-order valence-corrected chi connectivity index (χ3v) is 5.27. The molecule has 0 fully saturated rings. The van der Waals surface area contributed by atoms with Crippen molar-refractivity contribution in [3.63, 3.8) is 0 Å². The number of rotatable bonds is 14. The van der Waals surface area contributed by atoms with E-state index in [2.05, 4.69) is 39.0 Å². The maximum atomic E-state index is 2.31. The zero-order chi connectivity index (χ0) is 16.8. The van der Waals surface area contributed by atoms with Crippen LogP contribution in [0.25, 0.3) is 0 Å². The van der Waals surface area contributed by atoms with E-state index in [0.29, 0.717) is 0 Å². The van der Waals surface area contributed by atoms with Crippen molar-refractivity contribution >= 4 is 0 Å². The Labute approximate surface area is 146 Å². The van der Waals surface area contributed by atoms with E-state index in [4.69, 9.17) is 0 Å². The van der Waals surface area contributed by atoms with Gasteiger partial charge in [0, 0.05) is 0 Å². The molecule has 0 aliphatic rings. The molecule has 1 aromatic carbocycles. The average Bonchev–Trinajstić information content (AvgIpc) is 2.55. The van der Waals surface area contributed by atoms with Crippen LogP contribution in [0.4, 0.5) is 0 Å². The van der Waals surface area contributed by atoms with E-state index < -0.39 is 0 Å². The van der Waals surface area contributed by atoms with Gasteiger partial charge in [-0.3, -0.25) is 0 Å². The highest BCUT2D eigenvalue weighted by molar-refractivity contribution is 5.33. The summed E-state index contributed by atoms with van der Waals surface area (Å²) in [5.74, 6) is 0. The van der Waals surface area contributed by atoms with Crippen molar-refractivity contribution in [3.05, 3.63) is 34.9 Å². The van der Waals surface area contributed by atoms with Gasteiger partial charge in [-0.05, 0) is 43.4 Å². The predicted molar refractivity (Wildman–Crippen MR) is 105 cm³/mol. The Morgan fingerprint density at radius 1 is 0.609 bits per heavy atom. The van der Waals surface area contributed by atoms with Gasteiger partial charge in [0.25, 0.3) is 0 Å². The first-order chi connectivity index (χ1) is 11.3. The van der Waals surface area contributed by atoms with Gasteiger partial charge >= 0.3 is 0 Å². The SMILES string of the molecule is CCCCCCCCCCCCCCCc1cccc(C)c1C. The predicted octanol–water partition coefficient (Wildman–Crippen LogP) is 7.94. The minimum absolute atomic E-state index is 1.27. The summed E-state index contributed by atoms with van der Waals surface area (Å²) in [7, 11) is 0. The van der Waals surface area contributed by atoms with Gasteiger partial charge in [0.05, 0.1) is 0 Å². The van der Waals surface area contributed by atoms with Gasteiger partial charge in [-0.1, -0.05) is 102 Å². The van der Waals surface area contributed by atoms with E-state index in [9.17, 15) is 0 Å². The van der Waals surface area contributed by atoms with E-state index in [1.165, 1.54) is 101 Å². The molecule has 0 N–H and O–H groups in total. The topological polar surface area (TPSA) is 0 Å². The summed E-state index contributed by atoms with van der Waals surface area (Å²) in [5, 5.41) is 0. The fourth-order valence-corrected chi connectivity index (χ4v) is 3.42. The molecule has 23 heavy (non-hydrogen) atoms. The fraction of sp³-hybridized carbons (Fsp3) is 0.739. The monoisotopic (exact) mass is 316 g/mol. The summed E-state index contributed by atoms with van der Waals surface area (Å²) in [6.45, 7) is 6.79. The Hall–Kier alpha value is -0.780. The second-order valence-electron chi connectivity index (χ2n) is 7.35. The second-order valence-corrected chi connectivity index (χ2v) is 7.35. The number of hydrogen-bond acceptors (Lipinski definition) is 0. The zero-order valence-electron chi connectivity index (χ0n) is 16.1. The standard InChI is InChI=1S/C23H40/c1-4-5-6-7-8-9-10-11-12-13-14-15-16-19-23-20-17-18-21(2)22(23)3/h17-18,20H,4-16,19H2,1-3H3. The summed E-state index contributed by atoms with van der Waals surface area (Å²) in [4.78, 5) is 0. The molecule has 0 unspecified atom stereocenters. The fourth-order valence-electron chi connectivity index (χ4n) is 3.42. The zero-order valence-corrected chi connectivity index (χ0v) is 16.1.